The zero-order chi connectivity index (χ0) is 22.7. The number of aromatic nitrogens is 2. The number of nitrogens with zero attached hydrogens (tertiary/aromatic N) is 3. The van der Waals surface area contributed by atoms with Gasteiger partial charge >= 0.3 is 0 Å². The van der Waals surface area contributed by atoms with Crippen LogP contribution in [-0.2, 0) is 6.54 Å². The predicted molar refractivity (Wildman–Crippen MR) is 133 cm³/mol. The van der Waals surface area contributed by atoms with E-state index in [4.69, 9.17) is 9.72 Å². The molecule has 32 heavy (non-hydrogen) atoms. The number of fused-ring (bicyclic) bond motifs is 1. The van der Waals surface area contributed by atoms with Crippen molar-refractivity contribution in [2.75, 3.05) is 12.0 Å². The van der Waals surface area contributed by atoms with Gasteiger partial charge in [-0.1, -0.05) is 37.3 Å². The highest BCUT2D eigenvalue weighted by atomic mass is 32.2. The normalized spacial score (nSPS) is 11.2. The van der Waals surface area contributed by atoms with E-state index in [1.165, 1.54) is 11.3 Å². The third-order valence-corrected chi connectivity index (χ3v) is 7.14. The van der Waals surface area contributed by atoms with E-state index in [-0.39, 0.29) is 5.91 Å². The second-order valence-electron chi connectivity index (χ2n) is 7.70. The molecular weight excluding hydrogens is 438 g/mol. The van der Waals surface area contributed by atoms with Gasteiger partial charge < -0.3 is 4.74 Å². The molecule has 2 aromatic heterocycles. The number of thiazole rings is 1. The number of carbonyl (C=O) groups excluding carboxylic acids is 1. The lowest BCUT2D eigenvalue weighted by molar-refractivity contribution is 0.0985. The standard InChI is InChI=1S/C25H25N3O2S2/c1-16(2)31-20-7-5-6-19(14-20)24(29)28(15-18-10-12-26-13-11-18)25-27-22-21(30-4)9-8-17(3)23(22)32-25/h5-14,16H,15H2,1-4H3. The summed E-state index contributed by atoms with van der Waals surface area (Å²) >= 11 is 3.26. The number of pyridine rings is 1. The molecular formula is C25H25N3O2S2. The lowest BCUT2D eigenvalue weighted by atomic mass is 10.2. The van der Waals surface area contributed by atoms with Crippen molar-refractivity contribution >= 4 is 44.4 Å². The molecule has 0 bridgehead atoms. The van der Waals surface area contributed by atoms with Gasteiger partial charge in [0.15, 0.2) is 5.13 Å². The maximum Gasteiger partial charge on any atom is 0.260 e. The van der Waals surface area contributed by atoms with Crippen LogP contribution in [0.1, 0.15) is 35.3 Å². The van der Waals surface area contributed by atoms with Crippen molar-refractivity contribution in [1.82, 2.24) is 9.97 Å². The number of rotatable bonds is 7. The van der Waals surface area contributed by atoms with Crippen LogP contribution in [0.25, 0.3) is 10.2 Å². The van der Waals surface area contributed by atoms with Gasteiger partial charge in [0.05, 0.1) is 18.4 Å². The Kier molecular flexibility index (Phi) is 6.77. The zero-order valence-electron chi connectivity index (χ0n) is 18.5. The molecule has 0 fully saturated rings. The quantitative estimate of drug-likeness (QED) is 0.299. The van der Waals surface area contributed by atoms with E-state index < -0.39 is 0 Å². The molecule has 0 aliphatic carbocycles. The smallest absolute Gasteiger partial charge is 0.260 e. The summed E-state index contributed by atoms with van der Waals surface area (Å²) in [5.74, 6) is 0.628. The molecule has 2 heterocycles. The van der Waals surface area contributed by atoms with Crippen LogP contribution in [0.2, 0.25) is 0 Å². The van der Waals surface area contributed by atoms with Gasteiger partial charge in [0.2, 0.25) is 0 Å². The number of methoxy groups -OCH3 is 1. The van der Waals surface area contributed by atoms with Crippen LogP contribution >= 0.6 is 23.1 Å². The van der Waals surface area contributed by atoms with Crippen LogP contribution in [-0.4, -0.2) is 28.2 Å². The molecule has 4 rings (SSSR count). The van der Waals surface area contributed by atoms with Crippen LogP contribution in [0.15, 0.2) is 65.8 Å². The molecule has 0 N–H and O–H groups in total. The monoisotopic (exact) mass is 463 g/mol. The van der Waals surface area contributed by atoms with Crippen molar-refractivity contribution in [3.63, 3.8) is 0 Å². The van der Waals surface area contributed by atoms with Gasteiger partial charge in [-0.05, 0) is 54.4 Å². The van der Waals surface area contributed by atoms with Crippen molar-refractivity contribution in [3.05, 3.63) is 77.6 Å². The Labute approximate surface area is 196 Å². The summed E-state index contributed by atoms with van der Waals surface area (Å²) in [5.41, 5.74) is 3.52. The minimum Gasteiger partial charge on any atom is -0.494 e. The minimum atomic E-state index is -0.0799. The van der Waals surface area contributed by atoms with Crippen LogP contribution in [0.4, 0.5) is 5.13 Å². The number of benzene rings is 2. The van der Waals surface area contributed by atoms with Crippen LogP contribution < -0.4 is 9.64 Å². The fourth-order valence-corrected chi connectivity index (χ4v) is 5.35. The maximum absolute atomic E-state index is 13.7. The van der Waals surface area contributed by atoms with E-state index in [0.717, 1.165) is 26.2 Å². The number of anilines is 1. The largest absolute Gasteiger partial charge is 0.494 e. The van der Waals surface area contributed by atoms with Crippen LogP contribution in [0.5, 0.6) is 5.75 Å². The lowest BCUT2D eigenvalue weighted by Crippen LogP contribution is -2.30. The van der Waals surface area contributed by atoms with E-state index in [0.29, 0.717) is 28.2 Å². The first-order chi connectivity index (χ1) is 15.5. The summed E-state index contributed by atoms with van der Waals surface area (Å²) in [6.07, 6.45) is 3.48. The molecule has 0 unspecified atom stereocenters. The highest BCUT2D eigenvalue weighted by molar-refractivity contribution is 7.99. The Morgan fingerprint density at radius 2 is 1.94 bits per heavy atom. The third kappa shape index (κ3) is 4.79. The zero-order valence-corrected chi connectivity index (χ0v) is 20.2. The summed E-state index contributed by atoms with van der Waals surface area (Å²) in [7, 11) is 1.64. The van der Waals surface area contributed by atoms with Gasteiger partial charge in [0, 0.05) is 28.1 Å². The van der Waals surface area contributed by atoms with Crippen LogP contribution in [0, 0.1) is 6.92 Å². The molecule has 0 aliphatic rings. The Morgan fingerprint density at radius 3 is 2.66 bits per heavy atom. The molecule has 0 radical (unpaired) electrons. The van der Waals surface area contributed by atoms with E-state index >= 15 is 0 Å². The van der Waals surface area contributed by atoms with Gasteiger partial charge in [0.25, 0.3) is 5.91 Å². The van der Waals surface area contributed by atoms with Crippen molar-refractivity contribution in [3.8, 4) is 5.75 Å². The van der Waals surface area contributed by atoms with Gasteiger partial charge in [-0.3, -0.25) is 14.7 Å². The van der Waals surface area contributed by atoms with Gasteiger partial charge in [-0.2, -0.15) is 0 Å². The highest BCUT2D eigenvalue weighted by Gasteiger charge is 2.23. The number of amides is 1. The summed E-state index contributed by atoms with van der Waals surface area (Å²) in [6.45, 7) is 6.74. The number of thioether (sulfide) groups is 1. The van der Waals surface area contributed by atoms with Crippen molar-refractivity contribution in [2.45, 2.75) is 37.5 Å². The van der Waals surface area contributed by atoms with E-state index in [2.05, 4.69) is 18.8 Å². The molecule has 0 saturated heterocycles. The Bertz CT molecular complexity index is 1240. The van der Waals surface area contributed by atoms with Crippen molar-refractivity contribution < 1.29 is 9.53 Å². The number of hydrogen-bond donors (Lipinski definition) is 0. The Balaban J connectivity index is 1.78. The fraction of sp³-hybridized carbons (Fsp3) is 0.240. The predicted octanol–water partition coefficient (Wildman–Crippen LogP) is 6.36. The average molecular weight is 464 g/mol. The molecule has 0 spiro atoms. The van der Waals surface area contributed by atoms with Gasteiger partial charge in [-0.25, -0.2) is 4.98 Å². The van der Waals surface area contributed by atoms with Crippen LogP contribution in [0.3, 0.4) is 0 Å². The van der Waals surface area contributed by atoms with E-state index in [9.17, 15) is 4.79 Å². The SMILES string of the molecule is COc1ccc(C)c2sc(N(Cc3ccncc3)C(=O)c3cccc(SC(C)C)c3)nc12. The molecule has 0 atom stereocenters. The number of ether oxygens (including phenoxy) is 1. The topological polar surface area (TPSA) is 55.3 Å². The average Bonchev–Trinajstić information content (AvgIpc) is 3.24. The first-order valence-corrected chi connectivity index (χ1v) is 12.1. The van der Waals surface area contributed by atoms with Crippen molar-refractivity contribution in [1.29, 1.82) is 0 Å². The second kappa shape index (κ2) is 9.71. The summed E-state index contributed by atoms with van der Waals surface area (Å²) < 4.78 is 6.55. The van der Waals surface area contributed by atoms with Crippen molar-refractivity contribution in [2.24, 2.45) is 0 Å². The minimum absolute atomic E-state index is 0.0799. The molecule has 5 nitrogen and oxygen atoms in total. The summed E-state index contributed by atoms with van der Waals surface area (Å²) in [6, 6.07) is 15.6. The van der Waals surface area contributed by atoms with E-state index in [1.807, 2.05) is 55.5 Å². The summed E-state index contributed by atoms with van der Waals surface area (Å²) in [4.78, 5) is 25.5. The van der Waals surface area contributed by atoms with E-state index in [1.54, 1.807) is 36.2 Å². The Morgan fingerprint density at radius 1 is 1.16 bits per heavy atom. The number of carbonyl (C=O) groups is 1. The molecule has 0 saturated carbocycles. The Hall–Kier alpha value is -2.90. The molecule has 7 heteroatoms. The second-order valence-corrected chi connectivity index (χ2v) is 10.3. The summed E-state index contributed by atoms with van der Waals surface area (Å²) in [5, 5.41) is 1.09. The third-order valence-electron chi connectivity index (χ3n) is 4.93. The first-order valence-electron chi connectivity index (χ1n) is 10.4. The number of hydrogen-bond acceptors (Lipinski definition) is 6. The molecule has 0 aliphatic heterocycles. The molecule has 4 aromatic rings. The molecule has 164 valence electrons. The number of aryl methyl sites for hydroxylation is 1. The fourth-order valence-electron chi connectivity index (χ4n) is 3.41. The maximum atomic E-state index is 13.7. The highest BCUT2D eigenvalue weighted by Crippen LogP contribution is 2.37. The van der Waals surface area contributed by atoms with Gasteiger partial charge in [-0.15, -0.1) is 11.8 Å². The first kappa shape index (κ1) is 22.3. The molecule has 2 aromatic carbocycles. The van der Waals surface area contributed by atoms with Gasteiger partial charge in [0.1, 0.15) is 11.3 Å². The molecule has 1 amide bonds. The lowest BCUT2D eigenvalue weighted by Gasteiger charge is -2.20.